The maximum atomic E-state index is 9.55. The van der Waals surface area contributed by atoms with Gasteiger partial charge in [-0.1, -0.05) is 12.1 Å². The average Bonchev–Trinajstić information content (AvgIpc) is 2.28. The molecule has 0 saturated heterocycles. The third-order valence-electron chi connectivity index (χ3n) is 2.42. The van der Waals surface area contributed by atoms with Crippen molar-refractivity contribution in [1.29, 1.82) is 0 Å². The minimum Gasteiger partial charge on any atom is -0.508 e. The fourth-order valence-electron chi connectivity index (χ4n) is 1.40. The van der Waals surface area contributed by atoms with Crippen LogP contribution in [0.4, 0.5) is 0 Å². The minimum absolute atomic E-state index is 0.228. The normalized spacial score (nSPS) is 10.1. The molecule has 0 unspecified atom stereocenters. The first kappa shape index (κ1) is 10.5. The Morgan fingerprint density at radius 2 is 1.94 bits per heavy atom. The van der Waals surface area contributed by atoms with Crippen LogP contribution in [-0.4, -0.2) is 10.1 Å². The Hall–Kier alpha value is -2.03. The number of pyridine rings is 1. The Bertz CT molecular complexity index is 509. The molecule has 2 aromatic rings. The molecule has 0 amide bonds. The van der Waals surface area contributed by atoms with E-state index in [4.69, 9.17) is 4.74 Å². The number of aromatic nitrogens is 1. The number of ether oxygens (including phenoxy) is 1. The molecule has 0 fully saturated rings. The van der Waals surface area contributed by atoms with Gasteiger partial charge >= 0.3 is 0 Å². The molecule has 1 N–H and O–H groups in total. The van der Waals surface area contributed by atoms with Gasteiger partial charge in [0.1, 0.15) is 11.5 Å². The standard InChI is InChI=1S/C13H13NO2/c1-9-5-4-8-14-13(9)16-12-7-3-6-11(15)10(12)2/h3-8,15H,1-2H3. The Labute approximate surface area is 94.3 Å². The van der Waals surface area contributed by atoms with E-state index in [0.29, 0.717) is 17.2 Å². The van der Waals surface area contributed by atoms with E-state index in [-0.39, 0.29) is 5.75 Å². The highest BCUT2D eigenvalue weighted by molar-refractivity contribution is 5.44. The van der Waals surface area contributed by atoms with E-state index < -0.39 is 0 Å². The number of hydrogen-bond acceptors (Lipinski definition) is 3. The molecule has 0 aliphatic carbocycles. The molecule has 3 heteroatoms. The monoisotopic (exact) mass is 215 g/mol. The molecule has 0 saturated carbocycles. The van der Waals surface area contributed by atoms with E-state index in [1.807, 2.05) is 32.0 Å². The van der Waals surface area contributed by atoms with Crippen LogP contribution in [0.25, 0.3) is 0 Å². The zero-order chi connectivity index (χ0) is 11.5. The molecule has 82 valence electrons. The van der Waals surface area contributed by atoms with Crippen molar-refractivity contribution in [3.8, 4) is 17.4 Å². The van der Waals surface area contributed by atoms with Gasteiger partial charge in [0, 0.05) is 17.3 Å². The number of nitrogens with zero attached hydrogens (tertiary/aromatic N) is 1. The Kier molecular flexibility index (Phi) is 2.77. The van der Waals surface area contributed by atoms with Crippen molar-refractivity contribution in [2.45, 2.75) is 13.8 Å². The van der Waals surface area contributed by atoms with Crippen molar-refractivity contribution in [3.63, 3.8) is 0 Å². The summed E-state index contributed by atoms with van der Waals surface area (Å²) in [5.74, 6) is 1.42. The van der Waals surface area contributed by atoms with E-state index in [9.17, 15) is 5.11 Å². The van der Waals surface area contributed by atoms with Crippen molar-refractivity contribution in [1.82, 2.24) is 4.98 Å². The second-order valence-electron chi connectivity index (χ2n) is 3.63. The minimum atomic E-state index is 0.228. The molecule has 0 bridgehead atoms. The van der Waals surface area contributed by atoms with E-state index in [1.165, 1.54) is 0 Å². The number of aromatic hydroxyl groups is 1. The SMILES string of the molecule is Cc1cccnc1Oc1cccc(O)c1C. The van der Waals surface area contributed by atoms with Crippen LogP contribution in [0.1, 0.15) is 11.1 Å². The summed E-state index contributed by atoms with van der Waals surface area (Å²) in [7, 11) is 0. The van der Waals surface area contributed by atoms with Gasteiger partial charge in [0.25, 0.3) is 0 Å². The third kappa shape index (κ3) is 1.98. The summed E-state index contributed by atoms with van der Waals surface area (Å²) >= 11 is 0. The highest BCUT2D eigenvalue weighted by Crippen LogP contribution is 2.30. The second kappa shape index (κ2) is 4.23. The predicted octanol–water partition coefficient (Wildman–Crippen LogP) is 3.20. The molecule has 3 nitrogen and oxygen atoms in total. The van der Waals surface area contributed by atoms with Crippen molar-refractivity contribution in [3.05, 3.63) is 47.7 Å². The van der Waals surface area contributed by atoms with E-state index >= 15 is 0 Å². The molecule has 1 aromatic carbocycles. The van der Waals surface area contributed by atoms with Crippen LogP contribution in [0.2, 0.25) is 0 Å². The van der Waals surface area contributed by atoms with E-state index in [2.05, 4.69) is 4.98 Å². The summed E-state index contributed by atoms with van der Waals surface area (Å²) < 4.78 is 5.65. The molecule has 0 aliphatic heterocycles. The fourth-order valence-corrected chi connectivity index (χ4v) is 1.40. The highest BCUT2D eigenvalue weighted by Gasteiger charge is 2.07. The zero-order valence-electron chi connectivity index (χ0n) is 9.27. The van der Waals surface area contributed by atoms with Gasteiger partial charge in [-0.05, 0) is 32.0 Å². The van der Waals surface area contributed by atoms with Crippen LogP contribution in [0, 0.1) is 13.8 Å². The predicted molar refractivity (Wildman–Crippen MR) is 61.9 cm³/mol. The molecule has 2 rings (SSSR count). The molecule has 0 atom stereocenters. The number of benzene rings is 1. The Morgan fingerprint density at radius 3 is 2.69 bits per heavy atom. The maximum Gasteiger partial charge on any atom is 0.222 e. The number of aryl methyl sites for hydroxylation is 1. The molecule has 0 radical (unpaired) electrons. The lowest BCUT2D eigenvalue weighted by Gasteiger charge is -2.10. The average molecular weight is 215 g/mol. The van der Waals surface area contributed by atoms with Crippen LogP contribution < -0.4 is 4.74 Å². The van der Waals surface area contributed by atoms with Gasteiger partial charge in [0.15, 0.2) is 0 Å². The van der Waals surface area contributed by atoms with Crippen LogP contribution >= 0.6 is 0 Å². The number of phenolic OH excluding ortho intramolecular Hbond substituents is 1. The summed E-state index contributed by atoms with van der Waals surface area (Å²) in [6, 6.07) is 8.98. The van der Waals surface area contributed by atoms with Crippen molar-refractivity contribution in [2.24, 2.45) is 0 Å². The second-order valence-corrected chi connectivity index (χ2v) is 3.63. The highest BCUT2D eigenvalue weighted by atomic mass is 16.5. The fraction of sp³-hybridized carbons (Fsp3) is 0.154. The Balaban J connectivity index is 2.35. The first-order chi connectivity index (χ1) is 7.68. The molecule has 16 heavy (non-hydrogen) atoms. The van der Waals surface area contributed by atoms with Crippen LogP contribution in [0.3, 0.4) is 0 Å². The van der Waals surface area contributed by atoms with Gasteiger partial charge < -0.3 is 9.84 Å². The van der Waals surface area contributed by atoms with Crippen molar-refractivity contribution < 1.29 is 9.84 Å². The van der Waals surface area contributed by atoms with Crippen molar-refractivity contribution in [2.75, 3.05) is 0 Å². The summed E-state index contributed by atoms with van der Waals surface area (Å²) in [6.45, 7) is 3.74. The maximum absolute atomic E-state index is 9.55. The van der Waals surface area contributed by atoms with Crippen LogP contribution in [0.5, 0.6) is 17.4 Å². The smallest absolute Gasteiger partial charge is 0.222 e. The topological polar surface area (TPSA) is 42.4 Å². The lowest BCUT2D eigenvalue weighted by atomic mass is 10.2. The zero-order valence-corrected chi connectivity index (χ0v) is 9.27. The summed E-state index contributed by atoms with van der Waals surface area (Å²) in [4.78, 5) is 4.14. The van der Waals surface area contributed by atoms with Gasteiger partial charge in [-0.2, -0.15) is 0 Å². The van der Waals surface area contributed by atoms with Gasteiger partial charge in [-0.25, -0.2) is 4.98 Å². The lowest BCUT2D eigenvalue weighted by molar-refractivity contribution is 0.436. The first-order valence-corrected chi connectivity index (χ1v) is 5.06. The summed E-state index contributed by atoms with van der Waals surface area (Å²) in [6.07, 6.45) is 1.68. The molecular formula is C13H13NO2. The van der Waals surface area contributed by atoms with Gasteiger partial charge in [0.2, 0.25) is 5.88 Å². The first-order valence-electron chi connectivity index (χ1n) is 5.06. The molecule has 0 spiro atoms. The van der Waals surface area contributed by atoms with Gasteiger partial charge in [-0.3, -0.25) is 0 Å². The van der Waals surface area contributed by atoms with Crippen LogP contribution in [0.15, 0.2) is 36.5 Å². The molecule has 1 heterocycles. The van der Waals surface area contributed by atoms with Gasteiger partial charge in [0.05, 0.1) is 0 Å². The number of hydrogen-bond donors (Lipinski definition) is 1. The van der Waals surface area contributed by atoms with E-state index in [0.717, 1.165) is 5.56 Å². The van der Waals surface area contributed by atoms with E-state index in [1.54, 1.807) is 18.3 Å². The lowest BCUT2D eigenvalue weighted by Crippen LogP contribution is -1.92. The van der Waals surface area contributed by atoms with Gasteiger partial charge in [-0.15, -0.1) is 0 Å². The van der Waals surface area contributed by atoms with Crippen LogP contribution in [-0.2, 0) is 0 Å². The van der Waals surface area contributed by atoms with Crippen molar-refractivity contribution >= 4 is 0 Å². The summed E-state index contributed by atoms with van der Waals surface area (Å²) in [5, 5.41) is 9.55. The molecule has 1 aromatic heterocycles. The quantitative estimate of drug-likeness (QED) is 0.836. The number of rotatable bonds is 2. The third-order valence-corrected chi connectivity index (χ3v) is 2.42. The molecular weight excluding hydrogens is 202 g/mol. The largest absolute Gasteiger partial charge is 0.508 e. The summed E-state index contributed by atoms with van der Waals surface area (Å²) in [5.41, 5.74) is 1.68. The molecule has 0 aliphatic rings. The number of phenols is 1. The Morgan fingerprint density at radius 1 is 1.12 bits per heavy atom.